The van der Waals surface area contributed by atoms with Crippen LogP contribution in [0.4, 0.5) is 9.59 Å². The van der Waals surface area contributed by atoms with Crippen molar-refractivity contribution in [3.8, 4) is 0 Å². The Morgan fingerprint density at radius 1 is 0.450 bits per heavy atom. The van der Waals surface area contributed by atoms with Crippen LogP contribution >= 0.6 is 0 Å². The summed E-state index contributed by atoms with van der Waals surface area (Å²) in [6, 6.07) is 0. The van der Waals surface area contributed by atoms with Gasteiger partial charge in [0.05, 0.1) is 0 Å². The van der Waals surface area contributed by atoms with Crippen molar-refractivity contribution in [1.29, 1.82) is 0 Å². The van der Waals surface area contributed by atoms with Crippen molar-refractivity contribution < 1.29 is 182 Å². The number of carbonyl (C=O) groups excluding carboxylic acids is 2. The first-order valence-electron chi connectivity index (χ1n) is 1.22. The van der Waals surface area contributed by atoms with Crippen molar-refractivity contribution in [2.24, 2.45) is 0 Å². The summed E-state index contributed by atoms with van der Waals surface area (Å²) in [5.74, 6) is 0. The van der Waals surface area contributed by atoms with Crippen LogP contribution in [0, 0.1) is 0 Å². The molecule has 0 aromatic heterocycles. The van der Waals surface area contributed by atoms with E-state index in [2.05, 4.69) is 0 Å². The minimum atomic E-state index is -2.33. The molecule has 0 amide bonds. The van der Waals surface area contributed by atoms with Gasteiger partial charge in [-0.15, -0.1) is 0 Å². The fourth-order valence-electron chi connectivity index (χ4n) is 0. The van der Waals surface area contributed by atoms with E-state index in [0.29, 0.717) is 0 Å². The Kier molecular flexibility index (Phi) is 958. The van der Waals surface area contributed by atoms with E-state index in [1.54, 1.807) is 0 Å². The molecule has 0 bridgehead atoms. The maximum atomic E-state index is 8.33. The molecule has 0 rings (SSSR count). The summed E-state index contributed by atoms with van der Waals surface area (Å²) in [5.41, 5.74) is 0. The molecule has 11 nitrogen and oxygen atoms in total. The molecule has 0 saturated carbocycles. The molecule has 5 N–H and O–H groups in total. The van der Waals surface area contributed by atoms with Gasteiger partial charge in [-0.2, -0.15) is 0 Å². The van der Waals surface area contributed by atoms with Crippen LogP contribution in [0.5, 0.6) is 0 Å². The van der Waals surface area contributed by atoms with Gasteiger partial charge in [-0.25, -0.2) is 0 Å². The molecule has 0 aliphatic rings. The van der Waals surface area contributed by atoms with Gasteiger partial charge in [0.2, 0.25) is 0 Å². The second kappa shape index (κ2) is 129. The zero-order valence-electron chi connectivity index (χ0n) is 8.61. The second-order valence-electron chi connectivity index (χ2n) is 0.500. The average Bonchev–Trinajstić information content (AvgIpc) is 1.25. The normalized spacial score (nSPS) is 2.40. The van der Waals surface area contributed by atoms with Crippen molar-refractivity contribution in [2.75, 3.05) is 0 Å². The van der Waals surface area contributed by atoms with Crippen LogP contribution in [0.3, 0.4) is 0 Å². The van der Waals surface area contributed by atoms with E-state index in [9.17, 15) is 0 Å². The average molecular weight is 654 g/mol. The van der Waals surface area contributed by atoms with Gasteiger partial charge in [-0.05, 0) is 12.3 Å². The van der Waals surface area contributed by atoms with E-state index >= 15 is 0 Å². The quantitative estimate of drug-likeness (QED) is 0.222. The van der Waals surface area contributed by atoms with Crippen molar-refractivity contribution >= 4 is 12.3 Å². The topological polar surface area (TPSA) is 276 Å². The van der Waals surface area contributed by atoms with E-state index in [0.717, 1.165) is 0 Å². The summed E-state index contributed by atoms with van der Waals surface area (Å²) in [6.45, 7) is 0. The molecule has 20 heavy (non-hydrogen) atoms. The molecule has 0 aliphatic carbocycles. The second-order valence-corrected chi connectivity index (χ2v) is 0.500. The number of carbonyl (C=O) groups is 2. The van der Waals surface area contributed by atoms with Gasteiger partial charge < -0.3 is 57.4 Å². The van der Waals surface area contributed by atoms with Gasteiger partial charge in [-0.3, -0.25) is 0 Å². The molecule has 0 aromatic carbocycles. The maximum Gasteiger partial charge on any atom is 0 e. The monoisotopic (exact) mass is 647 g/mol. The Hall–Kier alpha value is 2.18. The summed E-state index contributed by atoms with van der Waals surface area (Å²) < 4.78 is 0. The molecule has 0 fully saturated rings. The maximum absolute atomic E-state index is 8.33. The van der Waals surface area contributed by atoms with Crippen molar-refractivity contribution in [3.63, 3.8) is 0 Å². The first-order valence-corrected chi connectivity index (χ1v) is 1.22. The Morgan fingerprint density at radius 2 is 0.450 bits per heavy atom. The molecule has 0 heterocycles. The van der Waals surface area contributed by atoms with Crippen LogP contribution in [0.2, 0.25) is 0 Å². The Bertz CT molecular complexity index is 90.8. The van der Waals surface area contributed by atoms with Gasteiger partial charge in [0.15, 0.2) is 0 Å². The van der Waals surface area contributed by atoms with Crippen molar-refractivity contribution in [1.82, 2.24) is 0 Å². The van der Waals surface area contributed by atoms with Gasteiger partial charge in [0.1, 0.15) is 0 Å². The van der Waals surface area contributed by atoms with Crippen LogP contribution < -0.4 is 20.4 Å². The predicted molar refractivity (Wildman–Crippen MR) is 20.5 cm³/mol. The fourth-order valence-corrected chi connectivity index (χ4v) is 0. The molecule has 5 radical (unpaired) electrons. The predicted octanol–water partition coefficient (Wildman–Crippen LogP) is -5.80. The Labute approximate surface area is 192 Å². The first-order chi connectivity index (χ1) is 3.46. The number of hydrogen-bond donors (Lipinski definition) is 0. The molecule has 0 spiro atoms. The molecule has 0 unspecified atom stereocenters. The van der Waals surface area contributed by atoms with E-state index in [4.69, 9.17) is 30.0 Å². The van der Waals surface area contributed by atoms with Crippen LogP contribution in [-0.4, -0.2) is 39.7 Å². The molecule has 0 aromatic rings. The minimum absolute atomic E-state index is 0. The smallest absolute Gasteiger partial charge is 0 e. The molecule has 0 atom stereocenters. The van der Waals surface area contributed by atoms with E-state index in [1.165, 1.54) is 0 Å². The SMILES string of the molecule is O=C([O-])[O-].O=C([O-])[O-].[Cu].[Cu].[Cu].[Cu].[Cu].[OH-].[OH-].[OH-].[OH-].[OH-].[Zn].[Zn]. The van der Waals surface area contributed by atoms with Gasteiger partial charge in [0.25, 0.3) is 0 Å². The van der Waals surface area contributed by atoms with E-state index in [-0.39, 0.29) is 152 Å². The van der Waals surface area contributed by atoms with Crippen LogP contribution in [-0.2, 0) is 124 Å². The van der Waals surface area contributed by atoms with Crippen LogP contribution in [0.25, 0.3) is 0 Å². The van der Waals surface area contributed by atoms with Crippen molar-refractivity contribution in [2.45, 2.75) is 0 Å². The van der Waals surface area contributed by atoms with Gasteiger partial charge in [-0.1, -0.05) is 0 Å². The summed E-state index contributed by atoms with van der Waals surface area (Å²) in [6.07, 6.45) is -4.67. The van der Waals surface area contributed by atoms with Crippen LogP contribution in [0.1, 0.15) is 0 Å². The third kappa shape index (κ3) is 1560. The van der Waals surface area contributed by atoms with E-state index in [1.807, 2.05) is 0 Å². The number of rotatable bonds is 0. The van der Waals surface area contributed by atoms with Crippen LogP contribution in [0.15, 0.2) is 0 Å². The largest absolute Gasteiger partial charge is 0.870 e. The summed E-state index contributed by atoms with van der Waals surface area (Å²) in [5, 5.41) is 33.3. The van der Waals surface area contributed by atoms with Gasteiger partial charge in [0, 0.05) is 124 Å². The zero-order chi connectivity index (χ0) is 7.15. The van der Waals surface area contributed by atoms with E-state index < -0.39 is 12.3 Å². The standard InChI is InChI=1S/2CH2O3.5Cu.5H2O.2Zn/c2*2-1(3)4;;;;;;;;;;;;/h2*(H2,2,3,4);;;;;;5*1H2;;/p-9. The number of carboxylic acid groups (broad SMARTS) is 4. The molecule has 0 saturated heterocycles. The molecule has 147 valence electrons. The Morgan fingerprint density at radius 3 is 0.450 bits per heavy atom. The summed E-state index contributed by atoms with van der Waals surface area (Å²) >= 11 is 0. The summed E-state index contributed by atoms with van der Waals surface area (Å²) in [7, 11) is 0. The number of hydrogen-bond acceptors (Lipinski definition) is 11. The third-order valence-corrected chi connectivity index (χ3v) is 0. The molecule has 0 aliphatic heterocycles. The fraction of sp³-hybridized carbons (Fsp3) is 0. The zero-order valence-corrected chi connectivity index (χ0v) is 19.2. The first kappa shape index (κ1) is 149. The third-order valence-electron chi connectivity index (χ3n) is 0. The minimum Gasteiger partial charge on any atom is -0.870 e. The molecular formula is C2H5Cu5O11Zn2-9. The van der Waals surface area contributed by atoms with Gasteiger partial charge >= 0.3 is 0 Å². The van der Waals surface area contributed by atoms with Crippen molar-refractivity contribution in [3.05, 3.63) is 0 Å². The summed E-state index contributed by atoms with van der Waals surface area (Å²) in [4.78, 5) is 16.7. The molecular weight excluding hydrogens is 649 g/mol. The Balaban J connectivity index is -0.00000000187. The molecule has 18 heteroatoms.